The van der Waals surface area contributed by atoms with E-state index in [0.717, 1.165) is 9.35 Å². The molecule has 0 amide bonds. The highest BCUT2D eigenvalue weighted by Crippen LogP contribution is 2.26. The Balaban J connectivity index is 2.84. The van der Waals surface area contributed by atoms with Crippen LogP contribution >= 0.6 is 27.3 Å². The molecule has 2 nitrogen and oxygen atoms in total. The number of ether oxygens (including phenoxy) is 1. The summed E-state index contributed by atoms with van der Waals surface area (Å²) in [5.41, 5.74) is 0.909. The van der Waals surface area contributed by atoms with Crippen LogP contribution in [0.5, 0.6) is 0 Å². The SMILES string of the molecule is COC(C#N)c1csc(Br)c1. The van der Waals surface area contributed by atoms with E-state index < -0.39 is 6.10 Å². The fraction of sp³-hybridized carbons (Fsp3) is 0.286. The molecule has 0 aliphatic heterocycles. The standard InChI is InChI=1S/C7H6BrNOS/c1-10-6(3-9)5-2-7(8)11-4-5/h2,4,6H,1H3. The molecule has 1 aromatic rings. The quantitative estimate of drug-likeness (QED) is 0.785. The van der Waals surface area contributed by atoms with Gasteiger partial charge in [-0.2, -0.15) is 5.26 Å². The van der Waals surface area contributed by atoms with Gasteiger partial charge >= 0.3 is 0 Å². The Morgan fingerprint density at radius 1 is 1.82 bits per heavy atom. The lowest BCUT2D eigenvalue weighted by molar-refractivity contribution is 0.149. The third-order valence-electron chi connectivity index (χ3n) is 1.24. The van der Waals surface area contributed by atoms with Gasteiger partial charge in [-0.25, -0.2) is 0 Å². The second kappa shape index (κ2) is 3.86. The van der Waals surface area contributed by atoms with Crippen molar-refractivity contribution in [1.29, 1.82) is 5.26 Å². The van der Waals surface area contributed by atoms with Crippen LogP contribution in [0.3, 0.4) is 0 Å². The van der Waals surface area contributed by atoms with E-state index in [-0.39, 0.29) is 0 Å². The highest BCUT2D eigenvalue weighted by atomic mass is 79.9. The minimum atomic E-state index is -0.433. The first-order chi connectivity index (χ1) is 5.27. The highest BCUT2D eigenvalue weighted by molar-refractivity contribution is 9.11. The predicted molar refractivity (Wildman–Crippen MR) is 47.4 cm³/mol. The van der Waals surface area contributed by atoms with Crippen molar-refractivity contribution in [1.82, 2.24) is 0 Å². The Morgan fingerprint density at radius 3 is 2.91 bits per heavy atom. The minimum absolute atomic E-state index is 0.433. The number of methoxy groups -OCH3 is 1. The molecule has 4 heteroatoms. The summed E-state index contributed by atoms with van der Waals surface area (Å²) in [5, 5.41) is 10.5. The van der Waals surface area contributed by atoms with Crippen molar-refractivity contribution in [3.63, 3.8) is 0 Å². The summed E-state index contributed by atoms with van der Waals surface area (Å²) in [6.45, 7) is 0. The smallest absolute Gasteiger partial charge is 0.169 e. The number of rotatable bonds is 2. The summed E-state index contributed by atoms with van der Waals surface area (Å²) in [7, 11) is 1.53. The van der Waals surface area contributed by atoms with Crippen LogP contribution in [0.2, 0.25) is 0 Å². The average molecular weight is 232 g/mol. The van der Waals surface area contributed by atoms with Gasteiger partial charge in [0.15, 0.2) is 6.10 Å². The van der Waals surface area contributed by atoms with Gasteiger partial charge in [0.1, 0.15) is 0 Å². The first-order valence-electron chi connectivity index (χ1n) is 2.94. The molecule has 1 unspecified atom stereocenters. The van der Waals surface area contributed by atoms with Crippen LogP contribution in [0.15, 0.2) is 15.2 Å². The monoisotopic (exact) mass is 231 g/mol. The van der Waals surface area contributed by atoms with E-state index in [1.807, 2.05) is 17.5 Å². The molecule has 0 radical (unpaired) electrons. The highest BCUT2D eigenvalue weighted by Gasteiger charge is 2.09. The topological polar surface area (TPSA) is 33.0 Å². The zero-order valence-electron chi connectivity index (χ0n) is 5.87. The number of thiophene rings is 1. The van der Waals surface area contributed by atoms with E-state index in [1.165, 1.54) is 7.11 Å². The lowest BCUT2D eigenvalue weighted by Crippen LogP contribution is -1.94. The van der Waals surface area contributed by atoms with Crippen LogP contribution in [0.1, 0.15) is 11.7 Å². The van der Waals surface area contributed by atoms with Crippen molar-refractivity contribution in [3.05, 3.63) is 20.8 Å². The Labute approximate surface area is 77.5 Å². The van der Waals surface area contributed by atoms with Crippen molar-refractivity contribution in [3.8, 4) is 6.07 Å². The largest absolute Gasteiger partial charge is 0.362 e. The van der Waals surface area contributed by atoms with Gasteiger partial charge in [-0.3, -0.25) is 0 Å². The minimum Gasteiger partial charge on any atom is -0.362 e. The fourth-order valence-corrected chi connectivity index (χ4v) is 1.91. The molecule has 0 saturated carbocycles. The van der Waals surface area contributed by atoms with Gasteiger partial charge in [-0.1, -0.05) is 0 Å². The molecule has 0 saturated heterocycles. The van der Waals surface area contributed by atoms with Crippen molar-refractivity contribution in [2.75, 3.05) is 7.11 Å². The van der Waals surface area contributed by atoms with E-state index in [9.17, 15) is 0 Å². The summed E-state index contributed by atoms with van der Waals surface area (Å²) in [6, 6.07) is 3.94. The Kier molecular flexibility index (Phi) is 3.06. The number of hydrogen-bond donors (Lipinski definition) is 0. The van der Waals surface area contributed by atoms with Gasteiger partial charge in [0.25, 0.3) is 0 Å². The van der Waals surface area contributed by atoms with E-state index in [1.54, 1.807) is 11.3 Å². The molecule has 1 atom stereocenters. The van der Waals surface area contributed by atoms with E-state index in [2.05, 4.69) is 15.9 Å². The molecule has 58 valence electrons. The number of hydrogen-bond acceptors (Lipinski definition) is 3. The van der Waals surface area contributed by atoms with Gasteiger partial charge in [0, 0.05) is 12.7 Å². The van der Waals surface area contributed by atoms with Crippen LogP contribution in [0.4, 0.5) is 0 Å². The summed E-state index contributed by atoms with van der Waals surface area (Å²) < 4.78 is 5.94. The van der Waals surface area contributed by atoms with Crippen LogP contribution in [-0.4, -0.2) is 7.11 Å². The average Bonchev–Trinajstić information content (AvgIpc) is 2.39. The molecule has 0 aliphatic rings. The summed E-state index contributed by atoms with van der Waals surface area (Å²) >= 11 is 4.86. The second-order valence-corrected chi connectivity index (χ2v) is 4.22. The molecule has 1 aromatic heterocycles. The molecule has 1 rings (SSSR count). The first-order valence-corrected chi connectivity index (χ1v) is 4.61. The first kappa shape index (κ1) is 8.72. The van der Waals surface area contributed by atoms with Crippen LogP contribution in [0.25, 0.3) is 0 Å². The van der Waals surface area contributed by atoms with Gasteiger partial charge in [-0.15, -0.1) is 11.3 Å². The zero-order chi connectivity index (χ0) is 8.27. The molecule has 0 aliphatic carbocycles. The van der Waals surface area contributed by atoms with Crippen molar-refractivity contribution in [2.45, 2.75) is 6.10 Å². The molecule has 0 aromatic carbocycles. The molecule has 0 fully saturated rings. The maximum Gasteiger partial charge on any atom is 0.169 e. The van der Waals surface area contributed by atoms with Gasteiger partial charge in [0.05, 0.1) is 9.86 Å². The summed E-state index contributed by atoms with van der Waals surface area (Å²) in [4.78, 5) is 0. The van der Waals surface area contributed by atoms with Crippen LogP contribution in [-0.2, 0) is 4.74 Å². The fourth-order valence-electron chi connectivity index (χ4n) is 0.724. The normalized spacial score (nSPS) is 12.5. The Morgan fingerprint density at radius 2 is 2.55 bits per heavy atom. The summed E-state index contributed by atoms with van der Waals surface area (Å²) in [6.07, 6.45) is -0.433. The van der Waals surface area contributed by atoms with Crippen molar-refractivity contribution >= 4 is 27.3 Å². The molecule has 11 heavy (non-hydrogen) atoms. The third-order valence-corrected chi connectivity index (χ3v) is 2.77. The summed E-state index contributed by atoms with van der Waals surface area (Å²) in [5.74, 6) is 0. The maximum atomic E-state index is 8.60. The number of nitriles is 1. The second-order valence-electron chi connectivity index (χ2n) is 1.93. The number of nitrogens with zero attached hydrogens (tertiary/aromatic N) is 1. The van der Waals surface area contributed by atoms with Gasteiger partial charge < -0.3 is 4.74 Å². The van der Waals surface area contributed by atoms with Gasteiger partial charge in [-0.05, 0) is 27.4 Å². The molecule has 1 heterocycles. The zero-order valence-corrected chi connectivity index (χ0v) is 8.28. The predicted octanol–water partition coefficient (Wildman–Crippen LogP) is 2.72. The molecule has 0 bridgehead atoms. The molecule has 0 spiro atoms. The molecular formula is C7H6BrNOS. The molecular weight excluding hydrogens is 226 g/mol. The van der Waals surface area contributed by atoms with Crippen molar-refractivity contribution < 1.29 is 4.74 Å². The maximum absolute atomic E-state index is 8.60. The lowest BCUT2D eigenvalue weighted by atomic mass is 10.2. The van der Waals surface area contributed by atoms with E-state index in [4.69, 9.17) is 10.00 Å². The van der Waals surface area contributed by atoms with E-state index in [0.29, 0.717) is 0 Å². The number of halogens is 1. The Bertz CT molecular complexity index is 278. The lowest BCUT2D eigenvalue weighted by Gasteiger charge is -2.01. The van der Waals surface area contributed by atoms with Crippen LogP contribution < -0.4 is 0 Å². The molecule has 0 N–H and O–H groups in total. The van der Waals surface area contributed by atoms with Crippen molar-refractivity contribution in [2.24, 2.45) is 0 Å². The third kappa shape index (κ3) is 2.03. The van der Waals surface area contributed by atoms with Crippen LogP contribution in [0, 0.1) is 11.3 Å². The van der Waals surface area contributed by atoms with E-state index >= 15 is 0 Å². The van der Waals surface area contributed by atoms with Gasteiger partial charge in [0.2, 0.25) is 0 Å². The Hall–Kier alpha value is -0.370.